The van der Waals surface area contributed by atoms with Crippen molar-refractivity contribution in [2.75, 3.05) is 47.9 Å². The molecule has 3 aromatic heterocycles. The highest BCUT2D eigenvalue weighted by atomic mass is 35.5. The summed E-state index contributed by atoms with van der Waals surface area (Å²) in [7, 11) is 0. The number of nitrogens with one attached hydrogen (secondary N) is 1. The molecule has 2 aliphatic rings. The van der Waals surface area contributed by atoms with Crippen LogP contribution in [0.3, 0.4) is 0 Å². The summed E-state index contributed by atoms with van der Waals surface area (Å²) in [6.07, 6.45) is 7.64. The zero-order chi connectivity index (χ0) is 27.4. The predicted molar refractivity (Wildman–Crippen MR) is 160 cm³/mol. The number of thiazole rings is 1. The number of esters is 1. The number of aromatic nitrogens is 2. The molecule has 2 fully saturated rings. The number of halogens is 2. The van der Waals surface area contributed by atoms with E-state index in [1.165, 1.54) is 30.4 Å². The third kappa shape index (κ3) is 6.67. The van der Waals surface area contributed by atoms with E-state index >= 15 is 0 Å². The Labute approximate surface area is 246 Å². The first-order valence-electron chi connectivity index (χ1n) is 13.3. The molecule has 2 aliphatic heterocycles. The number of ether oxygens (including phenoxy) is 1. The molecule has 1 amide bonds. The highest BCUT2D eigenvalue weighted by Gasteiger charge is 2.28. The topological polar surface area (TPSA) is 87.7 Å². The zero-order valence-electron chi connectivity index (χ0n) is 21.8. The van der Waals surface area contributed by atoms with E-state index in [-0.39, 0.29) is 17.8 Å². The minimum absolute atomic E-state index is 0.0994. The molecule has 3 aromatic rings. The Morgan fingerprint density at radius 1 is 1.08 bits per heavy atom. The van der Waals surface area contributed by atoms with Gasteiger partial charge in [0, 0.05) is 37.8 Å². The van der Waals surface area contributed by atoms with Crippen LogP contribution >= 0.6 is 45.9 Å². The summed E-state index contributed by atoms with van der Waals surface area (Å²) in [5.74, 6) is 0.0568. The van der Waals surface area contributed by atoms with Crippen molar-refractivity contribution < 1.29 is 14.3 Å². The third-order valence-corrected chi connectivity index (χ3v) is 9.62. The molecular formula is C27H31Cl2N5O3S2. The van der Waals surface area contributed by atoms with Gasteiger partial charge in [-0.1, -0.05) is 47.4 Å². The number of thiophene rings is 1. The fourth-order valence-corrected chi connectivity index (χ4v) is 7.44. The summed E-state index contributed by atoms with van der Waals surface area (Å²) in [5.41, 5.74) is 1.21. The van der Waals surface area contributed by atoms with Crippen LogP contribution in [0.15, 0.2) is 23.7 Å². The summed E-state index contributed by atoms with van der Waals surface area (Å²) < 4.78 is 5.16. The summed E-state index contributed by atoms with van der Waals surface area (Å²) >= 11 is 15.8. The molecule has 0 atom stereocenters. The monoisotopic (exact) mass is 607 g/mol. The fourth-order valence-electron chi connectivity index (χ4n) is 5.00. The van der Waals surface area contributed by atoms with Gasteiger partial charge in [0.1, 0.15) is 16.5 Å². The molecule has 12 heteroatoms. The Bertz CT molecular complexity index is 1310. The second-order valence-electron chi connectivity index (χ2n) is 9.70. The van der Waals surface area contributed by atoms with Gasteiger partial charge in [-0.15, -0.1) is 11.3 Å². The average molecular weight is 609 g/mol. The first-order valence-corrected chi connectivity index (χ1v) is 15.8. The minimum atomic E-state index is -0.316. The van der Waals surface area contributed by atoms with Crippen LogP contribution in [0, 0.1) is 5.92 Å². The molecule has 208 valence electrons. The van der Waals surface area contributed by atoms with E-state index in [9.17, 15) is 9.59 Å². The lowest BCUT2D eigenvalue weighted by Gasteiger charge is -2.32. The lowest BCUT2D eigenvalue weighted by Crippen LogP contribution is -2.37. The van der Waals surface area contributed by atoms with Crippen molar-refractivity contribution in [1.29, 1.82) is 0 Å². The van der Waals surface area contributed by atoms with Crippen molar-refractivity contribution >= 4 is 73.7 Å². The summed E-state index contributed by atoms with van der Waals surface area (Å²) in [6.45, 7) is 5.45. The van der Waals surface area contributed by atoms with Crippen molar-refractivity contribution in [3.8, 4) is 10.6 Å². The summed E-state index contributed by atoms with van der Waals surface area (Å²) in [5, 5.41) is 7.52. The second-order valence-corrected chi connectivity index (χ2v) is 12.4. The normalized spacial score (nSPS) is 16.7. The molecule has 1 N–H and O–H groups in total. The second kappa shape index (κ2) is 12.8. The molecular weight excluding hydrogens is 577 g/mol. The maximum Gasteiger partial charge on any atom is 0.309 e. The molecule has 0 unspecified atom stereocenters. The van der Waals surface area contributed by atoms with Gasteiger partial charge in [0.25, 0.3) is 5.91 Å². The maximum absolute atomic E-state index is 13.2. The Morgan fingerprint density at radius 3 is 2.46 bits per heavy atom. The van der Waals surface area contributed by atoms with E-state index in [2.05, 4.69) is 15.2 Å². The molecule has 0 aromatic carbocycles. The first kappa shape index (κ1) is 28.1. The molecule has 0 saturated carbocycles. The molecule has 5 rings (SSSR count). The summed E-state index contributed by atoms with van der Waals surface area (Å²) in [4.78, 5) is 40.0. The lowest BCUT2D eigenvalue weighted by molar-refractivity contribution is -0.148. The van der Waals surface area contributed by atoms with Crippen LogP contribution < -0.4 is 15.1 Å². The number of amides is 1. The number of anilines is 3. The van der Waals surface area contributed by atoms with Crippen LogP contribution in [-0.2, 0) is 9.53 Å². The van der Waals surface area contributed by atoms with Crippen LogP contribution in [0.1, 0.15) is 55.8 Å². The van der Waals surface area contributed by atoms with Gasteiger partial charge in [0.2, 0.25) is 0 Å². The van der Waals surface area contributed by atoms with E-state index in [0.717, 1.165) is 41.5 Å². The number of carbonyl (C=O) groups is 2. The smallest absolute Gasteiger partial charge is 0.309 e. The number of piperidine rings is 1. The Kier molecular flexibility index (Phi) is 9.27. The van der Waals surface area contributed by atoms with E-state index < -0.39 is 0 Å². The number of carbonyl (C=O) groups excluding carboxylic acids is 2. The average Bonchev–Trinajstić information content (AvgIpc) is 3.45. The molecule has 8 nitrogen and oxygen atoms in total. The van der Waals surface area contributed by atoms with Gasteiger partial charge in [-0.2, -0.15) is 0 Å². The van der Waals surface area contributed by atoms with Crippen molar-refractivity contribution in [2.45, 2.75) is 45.4 Å². The standard InChI is InChI=1S/C27H31Cl2N5O3S2/c1-2-37-26(36)17-7-11-33(12-8-17)23-20(29)13-18(15-30-23)24(35)32-27-31-22(21-14-19(28)16-38-21)25(39-27)34-9-5-3-4-6-10-34/h13-17H,2-12H2,1H3,(H,31,32,35). The van der Waals surface area contributed by atoms with E-state index in [1.807, 2.05) is 23.3 Å². The van der Waals surface area contributed by atoms with Crippen molar-refractivity contribution in [1.82, 2.24) is 9.97 Å². The molecule has 0 radical (unpaired) electrons. The maximum atomic E-state index is 13.2. The van der Waals surface area contributed by atoms with Gasteiger partial charge >= 0.3 is 5.97 Å². The Hall–Kier alpha value is -2.40. The van der Waals surface area contributed by atoms with Crippen LogP contribution in [0.25, 0.3) is 10.6 Å². The largest absolute Gasteiger partial charge is 0.466 e. The number of rotatable bonds is 7. The quantitative estimate of drug-likeness (QED) is 0.290. The Balaban J connectivity index is 1.30. The molecule has 39 heavy (non-hydrogen) atoms. The molecule has 5 heterocycles. The van der Waals surface area contributed by atoms with Gasteiger partial charge in [-0.05, 0) is 44.7 Å². The van der Waals surface area contributed by atoms with Gasteiger partial charge in [0.05, 0.1) is 33.0 Å². The van der Waals surface area contributed by atoms with Crippen LogP contribution in [0.4, 0.5) is 16.0 Å². The molecule has 0 bridgehead atoms. The van der Waals surface area contributed by atoms with Crippen molar-refractivity contribution in [2.24, 2.45) is 5.92 Å². The van der Waals surface area contributed by atoms with Crippen molar-refractivity contribution in [3.63, 3.8) is 0 Å². The number of pyridine rings is 1. The van der Waals surface area contributed by atoms with Gasteiger partial charge in [0.15, 0.2) is 5.13 Å². The fraction of sp³-hybridized carbons (Fsp3) is 0.481. The Morgan fingerprint density at radius 2 is 1.82 bits per heavy atom. The first-order chi connectivity index (χ1) is 18.9. The number of nitrogens with zero attached hydrogens (tertiary/aromatic N) is 4. The molecule has 0 aliphatic carbocycles. The zero-order valence-corrected chi connectivity index (χ0v) is 24.9. The number of hydrogen-bond donors (Lipinski definition) is 1. The highest BCUT2D eigenvalue weighted by Crippen LogP contribution is 2.42. The van der Waals surface area contributed by atoms with Crippen LogP contribution in [-0.4, -0.2) is 54.6 Å². The van der Waals surface area contributed by atoms with E-state index in [4.69, 9.17) is 32.9 Å². The SMILES string of the molecule is CCOC(=O)C1CCN(c2ncc(C(=O)Nc3nc(-c4cc(Cl)cs4)c(N4CCCCCC4)s3)cc2Cl)CC1. The lowest BCUT2D eigenvalue weighted by atomic mass is 9.97. The van der Waals surface area contributed by atoms with Gasteiger partial charge < -0.3 is 14.5 Å². The molecule has 2 saturated heterocycles. The van der Waals surface area contributed by atoms with Gasteiger partial charge in [-0.25, -0.2) is 9.97 Å². The number of hydrogen-bond acceptors (Lipinski definition) is 9. The van der Waals surface area contributed by atoms with Crippen LogP contribution in [0.5, 0.6) is 0 Å². The van der Waals surface area contributed by atoms with Crippen molar-refractivity contribution in [3.05, 3.63) is 39.3 Å². The minimum Gasteiger partial charge on any atom is -0.466 e. The van der Waals surface area contributed by atoms with Crippen LogP contribution in [0.2, 0.25) is 10.0 Å². The predicted octanol–water partition coefficient (Wildman–Crippen LogP) is 6.99. The highest BCUT2D eigenvalue weighted by molar-refractivity contribution is 7.21. The third-order valence-electron chi connectivity index (χ3n) is 7.02. The van der Waals surface area contributed by atoms with E-state index in [0.29, 0.717) is 59.1 Å². The summed E-state index contributed by atoms with van der Waals surface area (Å²) in [6, 6.07) is 3.56. The molecule has 0 spiro atoms. The van der Waals surface area contributed by atoms with Gasteiger partial charge in [-0.3, -0.25) is 14.9 Å². The van der Waals surface area contributed by atoms with E-state index in [1.54, 1.807) is 17.4 Å².